The van der Waals surface area contributed by atoms with Crippen molar-refractivity contribution < 1.29 is 4.79 Å². The molecule has 7 heteroatoms. The summed E-state index contributed by atoms with van der Waals surface area (Å²) >= 11 is 1.79. The number of nitrogens with zero attached hydrogens (tertiary/aromatic N) is 4. The van der Waals surface area contributed by atoms with Crippen LogP contribution >= 0.6 is 11.3 Å². The smallest absolute Gasteiger partial charge is 0.317 e. The predicted octanol–water partition coefficient (Wildman–Crippen LogP) is 1.86. The summed E-state index contributed by atoms with van der Waals surface area (Å²) < 4.78 is 1.98. The molecule has 2 aromatic rings. The zero-order chi connectivity index (χ0) is 16.1. The molecule has 1 aliphatic heterocycles. The number of hydrogen-bond donors (Lipinski definition) is 1. The minimum Gasteiger partial charge on any atom is -0.335 e. The van der Waals surface area contributed by atoms with E-state index < -0.39 is 0 Å². The van der Waals surface area contributed by atoms with Crippen LogP contribution in [0, 0.1) is 0 Å². The zero-order valence-electron chi connectivity index (χ0n) is 13.4. The standard InChI is InChI=1S/C16H23N5OS/c1-14(11-20-5-4-17-13-20)18-16(22)21-8-6-19(7-9-21)12-15-3-2-10-23-15/h2-5,10,13-14H,6-9,11-12H2,1H3,(H,18,22)/t14-/m0/s1. The van der Waals surface area contributed by atoms with Gasteiger partial charge in [-0.3, -0.25) is 4.90 Å². The molecule has 1 atom stereocenters. The van der Waals surface area contributed by atoms with Crippen LogP contribution in [0.5, 0.6) is 0 Å². The number of urea groups is 1. The SMILES string of the molecule is C[C@@H](Cn1ccnc1)NC(=O)N1CCN(Cc2cccs2)CC1. The molecule has 2 amide bonds. The molecule has 1 saturated heterocycles. The van der Waals surface area contributed by atoms with Crippen LogP contribution in [0.3, 0.4) is 0 Å². The Morgan fingerprint density at radius 1 is 1.39 bits per heavy atom. The fourth-order valence-corrected chi connectivity index (χ4v) is 3.54. The third-order valence-corrected chi connectivity index (χ3v) is 4.89. The summed E-state index contributed by atoms with van der Waals surface area (Å²) in [5.41, 5.74) is 0. The fourth-order valence-electron chi connectivity index (χ4n) is 2.79. The highest BCUT2D eigenvalue weighted by molar-refractivity contribution is 7.09. The monoisotopic (exact) mass is 333 g/mol. The second kappa shape index (κ2) is 7.61. The highest BCUT2D eigenvalue weighted by Gasteiger charge is 2.22. The molecule has 0 radical (unpaired) electrons. The van der Waals surface area contributed by atoms with Crippen LogP contribution in [0.1, 0.15) is 11.8 Å². The Morgan fingerprint density at radius 3 is 2.87 bits per heavy atom. The number of carbonyl (C=O) groups excluding carboxylic acids is 1. The summed E-state index contributed by atoms with van der Waals surface area (Å²) in [6.45, 7) is 7.19. The van der Waals surface area contributed by atoms with E-state index in [-0.39, 0.29) is 12.1 Å². The van der Waals surface area contributed by atoms with Crippen LogP contribution in [0.15, 0.2) is 36.2 Å². The Balaban J connectivity index is 1.41. The average Bonchev–Trinajstić information content (AvgIpc) is 3.21. The topological polar surface area (TPSA) is 53.4 Å². The van der Waals surface area contributed by atoms with E-state index in [1.807, 2.05) is 22.6 Å². The van der Waals surface area contributed by atoms with Gasteiger partial charge in [0.05, 0.1) is 6.33 Å². The van der Waals surface area contributed by atoms with Crippen molar-refractivity contribution in [1.29, 1.82) is 0 Å². The van der Waals surface area contributed by atoms with Crippen LogP contribution in [-0.4, -0.2) is 57.6 Å². The van der Waals surface area contributed by atoms with Crippen LogP contribution < -0.4 is 5.32 Å². The summed E-state index contributed by atoms with van der Waals surface area (Å²) in [6, 6.07) is 4.38. The maximum absolute atomic E-state index is 12.3. The van der Waals surface area contributed by atoms with E-state index in [0.29, 0.717) is 0 Å². The first kappa shape index (κ1) is 16.0. The van der Waals surface area contributed by atoms with Gasteiger partial charge in [0.25, 0.3) is 0 Å². The highest BCUT2D eigenvalue weighted by Crippen LogP contribution is 2.13. The summed E-state index contributed by atoms with van der Waals surface area (Å²) in [4.78, 5) is 22.1. The summed E-state index contributed by atoms with van der Waals surface area (Å²) in [5.74, 6) is 0. The molecule has 0 saturated carbocycles. The van der Waals surface area contributed by atoms with E-state index >= 15 is 0 Å². The molecular formula is C16H23N5OS. The van der Waals surface area contributed by atoms with Crippen molar-refractivity contribution in [3.05, 3.63) is 41.1 Å². The molecule has 0 unspecified atom stereocenters. The Hall–Kier alpha value is -1.86. The third kappa shape index (κ3) is 4.56. The number of amides is 2. The number of hydrogen-bond acceptors (Lipinski definition) is 4. The van der Waals surface area contributed by atoms with Crippen molar-refractivity contribution in [2.24, 2.45) is 0 Å². The zero-order valence-corrected chi connectivity index (χ0v) is 14.2. The van der Waals surface area contributed by atoms with Crippen LogP contribution in [0.4, 0.5) is 4.79 Å². The van der Waals surface area contributed by atoms with Gasteiger partial charge in [-0.15, -0.1) is 11.3 Å². The van der Waals surface area contributed by atoms with Gasteiger partial charge in [-0.25, -0.2) is 9.78 Å². The van der Waals surface area contributed by atoms with E-state index in [1.165, 1.54) is 4.88 Å². The molecule has 3 heterocycles. The van der Waals surface area contributed by atoms with Gasteiger partial charge in [0.1, 0.15) is 0 Å². The maximum Gasteiger partial charge on any atom is 0.317 e. The molecule has 1 fully saturated rings. The van der Waals surface area contributed by atoms with Crippen molar-refractivity contribution in [3.63, 3.8) is 0 Å². The van der Waals surface area contributed by atoms with Crippen molar-refractivity contribution >= 4 is 17.4 Å². The van der Waals surface area contributed by atoms with Gasteiger partial charge in [0.2, 0.25) is 0 Å². The second-order valence-electron chi connectivity index (χ2n) is 5.95. The number of rotatable bonds is 5. The van der Waals surface area contributed by atoms with E-state index in [2.05, 4.69) is 32.7 Å². The quantitative estimate of drug-likeness (QED) is 0.909. The lowest BCUT2D eigenvalue weighted by Gasteiger charge is -2.35. The highest BCUT2D eigenvalue weighted by atomic mass is 32.1. The van der Waals surface area contributed by atoms with Crippen molar-refractivity contribution in [1.82, 2.24) is 24.7 Å². The predicted molar refractivity (Wildman–Crippen MR) is 91.4 cm³/mol. The molecule has 3 rings (SSSR count). The van der Waals surface area contributed by atoms with Crippen LogP contribution in [0.25, 0.3) is 0 Å². The van der Waals surface area contributed by atoms with Gasteiger partial charge >= 0.3 is 6.03 Å². The van der Waals surface area contributed by atoms with Gasteiger partial charge in [-0.1, -0.05) is 6.07 Å². The molecule has 0 spiro atoms. The fraction of sp³-hybridized carbons (Fsp3) is 0.500. The van der Waals surface area contributed by atoms with Crippen molar-refractivity contribution in [3.8, 4) is 0 Å². The van der Waals surface area contributed by atoms with E-state index in [9.17, 15) is 4.79 Å². The van der Waals surface area contributed by atoms with Gasteiger partial charge in [0.15, 0.2) is 0 Å². The third-order valence-electron chi connectivity index (χ3n) is 4.03. The van der Waals surface area contributed by atoms with Gasteiger partial charge in [-0.05, 0) is 18.4 Å². The number of imidazole rings is 1. The first-order chi connectivity index (χ1) is 11.2. The molecule has 1 aliphatic rings. The minimum atomic E-state index is 0.0355. The Morgan fingerprint density at radius 2 is 2.22 bits per heavy atom. The molecule has 2 aromatic heterocycles. The lowest BCUT2D eigenvalue weighted by Crippen LogP contribution is -2.53. The lowest BCUT2D eigenvalue weighted by molar-refractivity contribution is 0.134. The average molecular weight is 333 g/mol. The number of nitrogens with one attached hydrogen (secondary N) is 1. The summed E-state index contributed by atoms with van der Waals surface area (Å²) in [7, 11) is 0. The first-order valence-corrected chi connectivity index (χ1v) is 8.84. The molecule has 6 nitrogen and oxygen atoms in total. The van der Waals surface area contributed by atoms with E-state index in [0.717, 1.165) is 39.3 Å². The number of piperazine rings is 1. The summed E-state index contributed by atoms with van der Waals surface area (Å²) in [5, 5.41) is 5.18. The van der Waals surface area contributed by atoms with Crippen molar-refractivity contribution in [2.75, 3.05) is 26.2 Å². The molecule has 0 aliphatic carbocycles. The lowest BCUT2D eigenvalue weighted by atomic mass is 10.3. The molecule has 0 bridgehead atoms. The Kier molecular flexibility index (Phi) is 5.30. The van der Waals surface area contributed by atoms with E-state index in [1.54, 1.807) is 23.9 Å². The van der Waals surface area contributed by atoms with Gasteiger partial charge in [0, 0.05) is 62.6 Å². The second-order valence-corrected chi connectivity index (χ2v) is 6.98. The molecule has 0 aromatic carbocycles. The van der Waals surface area contributed by atoms with E-state index in [4.69, 9.17) is 0 Å². The summed E-state index contributed by atoms with van der Waals surface area (Å²) in [6.07, 6.45) is 5.43. The van der Waals surface area contributed by atoms with Crippen LogP contribution in [-0.2, 0) is 13.1 Å². The number of aromatic nitrogens is 2. The molecule has 124 valence electrons. The molecule has 1 N–H and O–H groups in total. The Labute approximate surface area is 140 Å². The normalized spacial score (nSPS) is 17.2. The molecule has 23 heavy (non-hydrogen) atoms. The van der Waals surface area contributed by atoms with Crippen molar-refractivity contribution in [2.45, 2.75) is 26.1 Å². The molecular weight excluding hydrogens is 310 g/mol. The van der Waals surface area contributed by atoms with Crippen LogP contribution in [0.2, 0.25) is 0 Å². The number of thiophene rings is 1. The largest absolute Gasteiger partial charge is 0.335 e. The van der Waals surface area contributed by atoms with Gasteiger partial charge < -0.3 is 14.8 Å². The Bertz CT molecular complexity index is 590. The van der Waals surface area contributed by atoms with Gasteiger partial charge in [-0.2, -0.15) is 0 Å². The first-order valence-electron chi connectivity index (χ1n) is 7.96. The maximum atomic E-state index is 12.3. The number of carbonyl (C=O) groups is 1. The minimum absolute atomic E-state index is 0.0355.